The van der Waals surface area contributed by atoms with Crippen LogP contribution < -0.4 is 10.1 Å². The van der Waals surface area contributed by atoms with Crippen molar-refractivity contribution >= 4 is 11.9 Å². The number of hydrogen-bond acceptors (Lipinski definition) is 3. The van der Waals surface area contributed by atoms with Crippen LogP contribution in [-0.2, 0) is 22.6 Å². The molecule has 0 saturated heterocycles. The summed E-state index contributed by atoms with van der Waals surface area (Å²) < 4.78 is 18.3. The highest BCUT2D eigenvalue weighted by Gasteiger charge is 2.13. The molecule has 26 heavy (non-hydrogen) atoms. The Morgan fingerprint density at radius 1 is 1.15 bits per heavy atom. The number of hydrogen-bond donors (Lipinski definition) is 2. The average molecular weight is 359 g/mol. The van der Waals surface area contributed by atoms with Gasteiger partial charge in [0.2, 0.25) is 5.91 Å². The summed E-state index contributed by atoms with van der Waals surface area (Å²) in [7, 11) is 0. The first-order chi connectivity index (χ1) is 12.4. The van der Waals surface area contributed by atoms with Gasteiger partial charge in [-0.05, 0) is 48.2 Å². The second-order valence-electron chi connectivity index (χ2n) is 6.12. The summed E-state index contributed by atoms with van der Waals surface area (Å²) in [6, 6.07) is 13.3. The Hall–Kier alpha value is -2.89. The van der Waals surface area contributed by atoms with Crippen LogP contribution >= 0.6 is 0 Å². The maximum absolute atomic E-state index is 13.2. The SMILES string of the molecule is C[C@@H](CCc1cccc(F)c1)C(=O)NCc1cccc(OCC(=O)O)c1. The minimum atomic E-state index is -1.05. The molecule has 0 bridgehead atoms. The monoisotopic (exact) mass is 359 g/mol. The van der Waals surface area contributed by atoms with Crippen LogP contribution in [-0.4, -0.2) is 23.6 Å². The fourth-order valence-electron chi connectivity index (χ4n) is 2.46. The van der Waals surface area contributed by atoms with Crippen LogP contribution in [0.4, 0.5) is 4.39 Å². The number of amides is 1. The number of carbonyl (C=O) groups is 2. The zero-order chi connectivity index (χ0) is 18.9. The van der Waals surface area contributed by atoms with E-state index in [1.807, 2.05) is 19.1 Å². The van der Waals surface area contributed by atoms with E-state index in [9.17, 15) is 14.0 Å². The molecule has 0 radical (unpaired) electrons. The highest BCUT2D eigenvalue weighted by atomic mass is 19.1. The third-order valence-electron chi connectivity index (χ3n) is 3.93. The summed E-state index contributed by atoms with van der Waals surface area (Å²) >= 11 is 0. The lowest BCUT2D eigenvalue weighted by Gasteiger charge is -2.13. The van der Waals surface area contributed by atoms with Crippen LogP contribution in [0, 0.1) is 11.7 Å². The Morgan fingerprint density at radius 2 is 1.88 bits per heavy atom. The van der Waals surface area contributed by atoms with E-state index < -0.39 is 12.6 Å². The first kappa shape index (κ1) is 19.4. The number of aryl methyl sites for hydroxylation is 1. The molecular weight excluding hydrogens is 337 g/mol. The average Bonchev–Trinajstić information content (AvgIpc) is 2.63. The highest BCUT2D eigenvalue weighted by molar-refractivity contribution is 5.78. The van der Waals surface area contributed by atoms with Gasteiger partial charge in [0.1, 0.15) is 11.6 Å². The minimum absolute atomic E-state index is 0.0849. The molecule has 2 aromatic rings. The molecule has 138 valence electrons. The summed E-state index contributed by atoms with van der Waals surface area (Å²) in [5, 5.41) is 11.5. The number of carboxylic acid groups (broad SMARTS) is 1. The molecule has 1 amide bonds. The first-order valence-corrected chi connectivity index (χ1v) is 8.39. The molecule has 5 nitrogen and oxygen atoms in total. The van der Waals surface area contributed by atoms with Crippen LogP contribution in [0.25, 0.3) is 0 Å². The minimum Gasteiger partial charge on any atom is -0.482 e. The van der Waals surface area contributed by atoms with Crippen molar-refractivity contribution in [1.29, 1.82) is 0 Å². The Labute approximate surface area is 151 Å². The van der Waals surface area contributed by atoms with E-state index in [-0.39, 0.29) is 17.6 Å². The number of nitrogens with one attached hydrogen (secondary N) is 1. The van der Waals surface area contributed by atoms with Gasteiger partial charge in [-0.25, -0.2) is 9.18 Å². The Morgan fingerprint density at radius 3 is 2.62 bits per heavy atom. The smallest absolute Gasteiger partial charge is 0.341 e. The lowest BCUT2D eigenvalue weighted by atomic mass is 10.00. The largest absolute Gasteiger partial charge is 0.482 e. The summed E-state index contributed by atoms with van der Waals surface area (Å²) in [5.74, 6) is -1.17. The number of carbonyl (C=O) groups excluding carboxylic acids is 1. The van der Waals surface area contributed by atoms with Crippen LogP contribution in [0.5, 0.6) is 5.75 Å². The van der Waals surface area contributed by atoms with Crippen molar-refractivity contribution in [3.63, 3.8) is 0 Å². The maximum atomic E-state index is 13.2. The lowest BCUT2D eigenvalue weighted by molar-refractivity contribution is -0.139. The van der Waals surface area contributed by atoms with Gasteiger partial charge in [0.25, 0.3) is 0 Å². The molecule has 0 heterocycles. The summed E-state index contributed by atoms with van der Waals surface area (Å²) in [6.07, 6.45) is 1.25. The third-order valence-corrected chi connectivity index (χ3v) is 3.93. The maximum Gasteiger partial charge on any atom is 0.341 e. The normalized spacial score (nSPS) is 11.6. The summed E-state index contributed by atoms with van der Waals surface area (Å²) in [6.45, 7) is 1.75. The molecule has 2 N–H and O–H groups in total. The predicted molar refractivity (Wildman–Crippen MR) is 95.3 cm³/mol. The van der Waals surface area contributed by atoms with Crippen molar-refractivity contribution in [1.82, 2.24) is 5.32 Å². The summed E-state index contributed by atoms with van der Waals surface area (Å²) in [4.78, 5) is 22.7. The van der Waals surface area contributed by atoms with Gasteiger partial charge in [-0.1, -0.05) is 31.2 Å². The van der Waals surface area contributed by atoms with Crippen molar-refractivity contribution < 1.29 is 23.8 Å². The molecule has 0 aliphatic carbocycles. The van der Waals surface area contributed by atoms with Crippen LogP contribution in [0.3, 0.4) is 0 Å². The molecular formula is C20H22FNO4. The van der Waals surface area contributed by atoms with Crippen LogP contribution in [0.2, 0.25) is 0 Å². The standard InChI is InChI=1S/C20H22FNO4/c1-14(8-9-15-4-2-6-17(21)10-15)20(25)22-12-16-5-3-7-18(11-16)26-13-19(23)24/h2-7,10-11,14H,8-9,12-13H2,1H3,(H,22,25)(H,23,24)/t14-/m0/s1. The van der Waals surface area contributed by atoms with Gasteiger partial charge < -0.3 is 15.2 Å². The van der Waals surface area contributed by atoms with E-state index in [1.165, 1.54) is 12.1 Å². The fraction of sp³-hybridized carbons (Fsp3) is 0.300. The molecule has 0 aromatic heterocycles. The number of ether oxygens (including phenoxy) is 1. The van der Waals surface area contributed by atoms with Gasteiger partial charge in [0, 0.05) is 12.5 Å². The number of aliphatic carboxylic acids is 1. The third kappa shape index (κ3) is 6.55. The van der Waals surface area contributed by atoms with Gasteiger partial charge in [-0.15, -0.1) is 0 Å². The Bertz CT molecular complexity index is 763. The van der Waals surface area contributed by atoms with Crippen molar-refractivity contribution in [2.24, 2.45) is 5.92 Å². The lowest BCUT2D eigenvalue weighted by Crippen LogP contribution is -2.29. The van der Waals surface area contributed by atoms with Crippen molar-refractivity contribution in [3.8, 4) is 5.75 Å². The Balaban J connectivity index is 1.80. The van der Waals surface area contributed by atoms with Crippen molar-refractivity contribution in [3.05, 3.63) is 65.5 Å². The molecule has 2 rings (SSSR count). The molecule has 0 fully saturated rings. The zero-order valence-electron chi connectivity index (χ0n) is 14.6. The van der Waals surface area contributed by atoms with Crippen LogP contribution in [0.1, 0.15) is 24.5 Å². The van der Waals surface area contributed by atoms with E-state index in [2.05, 4.69) is 5.32 Å². The molecule has 0 spiro atoms. The fourth-order valence-corrected chi connectivity index (χ4v) is 2.46. The van der Waals surface area contributed by atoms with Gasteiger partial charge in [0.15, 0.2) is 6.61 Å². The quantitative estimate of drug-likeness (QED) is 0.721. The van der Waals surface area contributed by atoms with E-state index in [1.54, 1.807) is 24.3 Å². The molecule has 0 unspecified atom stereocenters. The number of benzene rings is 2. The van der Waals surface area contributed by atoms with Crippen LogP contribution in [0.15, 0.2) is 48.5 Å². The van der Waals surface area contributed by atoms with Gasteiger partial charge in [0.05, 0.1) is 0 Å². The second kappa shape index (κ2) is 9.56. The summed E-state index contributed by atoms with van der Waals surface area (Å²) in [5.41, 5.74) is 1.69. The van der Waals surface area contributed by atoms with E-state index in [0.29, 0.717) is 25.1 Å². The first-order valence-electron chi connectivity index (χ1n) is 8.39. The molecule has 2 aromatic carbocycles. The van der Waals surface area contributed by atoms with Gasteiger partial charge >= 0.3 is 5.97 Å². The number of halogens is 1. The van der Waals surface area contributed by atoms with Gasteiger partial charge in [-0.3, -0.25) is 4.79 Å². The van der Waals surface area contributed by atoms with E-state index in [4.69, 9.17) is 9.84 Å². The molecule has 0 saturated carbocycles. The number of carboxylic acids is 1. The Kier molecular flexibility index (Phi) is 7.14. The van der Waals surface area contributed by atoms with E-state index >= 15 is 0 Å². The molecule has 6 heteroatoms. The molecule has 1 atom stereocenters. The zero-order valence-corrected chi connectivity index (χ0v) is 14.6. The molecule has 0 aliphatic heterocycles. The topological polar surface area (TPSA) is 75.6 Å². The van der Waals surface area contributed by atoms with Crippen molar-refractivity contribution in [2.45, 2.75) is 26.3 Å². The van der Waals surface area contributed by atoms with E-state index in [0.717, 1.165) is 11.1 Å². The predicted octanol–water partition coefficient (Wildman–Crippen LogP) is 3.17. The van der Waals surface area contributed by atoms with Gasteiger partial charge in [-0.2, -0.15) is 0 Å². The second-order valence-corrected chi connectivity index (χ2v) is 6.12. The van der Waals surface area contributed by atoms with Crippen molar-refractivity contribution in [2.75, 3.05) is 6.61 Å². The molecule has 0 aliphatic rings. The number of rotatable bonds is 9. The highest BCUT2D eigenvalue weighted by Crippen LogP contribution is 2.14.